The van der Waals surface area contributed by atoms with Gasteiger partial charge in [0.25, 0.3) is 5.79 Å². The predicted octanol–water partition coefficient (Wildman–Crippen LogP) is -24.3. The van der Waals surface area contributed by atoms with Gasteiger partial charge in [-0.15, -0.1) is 0 Å². The molecule has 0 aromatic carbocycles. The third kappa shape index (κ3) is 26.2. The fourth-order valence-corrected chi connectivity index (χ4v) is 19.4. The first-order valence-electron chi connectivity index (χ1n) is 47.4. The number of ether oxygens (including phenoxy) is 23. The summed E-state index contributed by atoms with van der Waals surface area (Å²) in [6.45, 7) is -4.33. The molecule has 37 N–H and O–H groups in total. The molecule has 856 valence electrons. The molecular formula is C83H138N4O61. The number of aliphatic hydroxyl groups is 32. The standard InChI is InChI=1S/C83H138N4O61/c1-18-39(102)48(111)54(117)75(127-18)139-62-33(16-95)136-74(38(87-24(7)99)66(62)143-80-59(122)69(46(109)30(13-92)133-80)148-83(82(124)125)8-25(100)35(84-21(4)96)64(147-83)42(105)26(101)9-88)145-68-47(110)34(137-79(58(68)121)138-60-31(14-93)130-71(123)53(116)52(60)115)17-126-72-37(86-23(6)98)65(142-76-55(118)49(112)40(103)19(2)128-76)61(32(15-94)135-72)140-78-57(120)67(45(108)29(12-91)132-78)144-73-36(85-22(5)97)63(44(107)28(11-90)131-73)141-81-70(51(114)43(106)27(10-89)134-81)146-77-56(119)50(113)41(104)20(3)129-77/h18-20,25-81,88-95,100-123H,8-17H2,1-7H3,(H,84,96)(H,85,97)(H,86,98)(H,87,99)(H,124,125)/t18-,19-,20-,25-,26+,27+,28+,29+,30+,31+,32+,33+,34+,35+,36+,37+,38+,39+,40+,41+,42+,43-,44+,45-,46-,47-,48+,49+,50+,51-,52+,53+,54-,55-,56-,57+,58+,59+,60+,61+,62+,63+,64+,65+,66+,67-,68-,69-,70+,71+,72+,73-,74-,75-,76-,77-,78-,79-,80-,81-,83-/m0/s1. The molecule has 0 aromatic heterocycles. The molecule has 12 fully saturated rings. The second-order valence-electron chi connectivity index (χ2n) is 38.0. The van der Waals surface area contributed by atoms with Crippen LogP contribution in [0.1, 0.15) is 54.9 Å². The molecule has 0 aromatic rings. The van der Waals surface area contributed by atoms with Crippen molar-refractivity contribution in [1.29, 1.82) is 0 Å². The van der Waals surface area contributed by atoms with Crippen LogP contribution in [-0.2, 0) is 133 Å². The highest BCUT2D eigenvalue weighted by atomic mass is 16.8. The molecule has 65 nitrogen and oxygen atoms in total. The maximum Gasteiger partial charge on any atom is 0.364 e. The Morgan fingerprint density at radius 2 is 0.595 bits per heavy atom. The van der Waals surface area contributed by atoms with Gasteiger partial charge in [-0.2, -0.15) is 0 Å². The number of hydrogen-bond acceptors (Lipinski definition) is 60. The van der Waals surface area contributed by atoms with Crippen LogP contribution in [-0.4, -0.2) is 631 Å². The number of carboxylic acids is 1. The van der Waals surface area contributed by atoms with Crippen LogP contribution in [0, 0.1) is 0 Å². The van der Waals surface area contributed by atoms with E-state index in [9.17, 15) is 192 Å². The maximum absolute atomic E-state index is 14.0. The highest BCUT2D eigenvalue weighted by Crippen LogP contribution is 2.45. The fraction of sp³-hybridized carbons (Fsp3) is 0.940. The van der Waals surface area contributed by atoms with Crippen LogP contribution in [0.3, 0.4) is 0 Å². The number of carbonyl (C=O) groups is 5. The first-order valence-corrected chi connectivity index (χ1v) is 47.4. The number of hydrogen-bond donors (Lipinski definition) is 37. The largest absolute Gasteiger partial charge is 0.477 e. The van der Waals surface area contributed by atoms with Crippen LogP contribution in [0.25, 0.3) is 0 Å². The van der Waals surface area contributed by atoms with Gasteiger partial charge in [-0.3, -0.25) is 19.2 Å². The van der Waals surface area contributed by atoms with Gasteiger partial charge < -0.3 is 299 Å². The van der Waals surface area contributed by atoms with E-state index in [2.05, 4.69) is 21.3 Å². The van der Waals surface area contributed by atoms with Gasteiger partial charge in [0.1, 0.15) is 268 Å². The Morgan fingerprint density at radius 3 is 1.01 bits per heavy atom. The summed E-state index contributed by atoms with van der Waals surface area (Å²) in [6, 6.07) is -8.33. The molecule has 12 saturated heterocycles. The summed E-state index contributed by atoms with van der Waals surface area (Å²) in [7, 11) is 0. The Hall–Kier alpha value is -4.85. The number of amides is 4. The third-order valence-electron chi connectivity index (χ3n) is 27.5. The Labute approximate surface area is 837 Å². The number of aliphatic carboxylic acids is 1. The van der Waals surface area contributed by atoms with E-state index < -0.39 is 469 Å². The van der Waals surface area contributed by atoms with Crippen LogP contribution in [0.15, 0.2) is 0 Å². The molecule has 0 aliphatic carbocycles. The molecule has 0 radical (unpaired) electrons. The van der Waals surface area contributed by atoms with Gasteiger partial charge in [-0.25, -0.2) is 4.79 Å². The average Bonchev–Trinajstić information content (AvgIpc) is 0.742. The quantitative estimate of drug-likeness (QED) is 0.0273. The van der Waals surface area contributed by atoms with Crippen molar-refractivity contribution in [2.45, 2.75) is 429 Å². The molecule has 0 unspecified atom stereocenters. The van der Waals surface area contributed by atoms with Crippen molar-refractivity contribution >= 4 is 29.6 Å². The summed E-state index contributed by atoms with van der Waals surface area (Å²) >= 11 is 0. The summed E-state index contributed by atoms with van der Waals surface area (Å²) in [5.74, 6) is -9.90. The second-order valence-corrected chi connectivity index (χ2v) is 38.0. The zero-order valence-corrected chi connectivity index (χ0v) is 79.9. The molecule has 61 atom stereocenters. The lowest BCUT2D eigenvalue weighted by molar-refractivity contribution is -0.401. The normalized spacial score (nSPS) is 49.8. The van der Waals surface area contributed by atoms with Gasteiger partial charge in [0.05, 0.1) is 89.9 Å². The minimum atomic E-state index is -3.45. The van der Waals surface area contributed by atoms with Crippen LogP contribution in [0.2, 0.25) is 0 Å². The number of carboxylic acid groups (broad SMARTS) is 1. The highest BCUT2D eigenvalue weighted by Gasteiger charge is 2.66. The summed E-state index contributed by atoms with van der Waals surface area (Å²) in [4.78, 5) is 67.4. The monoisotopic (exact) mass is 2170 g/mol. The molecule has 65 heteroatoms. The molecule has 12 aliphatic heterocycles. The molecular weight excluding hydrogens is 2030 g/mol. The number of nitrogens with one attached hydrogen (secondary N) is 4. The highest BCUT2D eigenvalue weighted by molar-refractivity contribution is 5.77. The lowest BCUT2D eigenvalue weighted by atomic mass is 9.88. The van der Waals surface area contributed by atoms with Crippen molar-refractivity contribution in [3.63, 3.8) is 0 Å². The number of carbonyl (C=O) groups excluding carboxylic acids is 4. The molecule has 0 bridgehead atoms. The molecule has 12 aliphatic rings. The Kier molecular flexibility index (Phi) is 42.9. The van der Waals surface area contributed by atoms with Gasteiger partial charge in [-0.05, 0) is 20.8 Å². The molecule has 148 heavy (non-hydrogen) atoms. The lowest BCUT2D eigenvalue weighted by Crippen LogP contribution is -2.72. The van der Waals surface area contributed by atoms with Crippen molar-refractivity contribution < 1.29 is 301 Å². The van der Waals surface area contributed by atoms with Crippen molar-refractivity contribution in [3.05, 3.63) is 0 Å². The van der Waals surface area contributed by atoms with Crippen molar-refractivity contribution in [1.82, 2.24) is 21.3 Å². The SMILES string of the molecule is CC(=O)N[C@H]1[C@H](O[C@H]2[C@@H](O)[C@@H](CO[C@@H]3O[C@H](CO)[C@@H](O[C@@H]4O[C@H](CO)[C@H](O)[C@H](O[C@@H]5O[C@H](CO)[C@@H](O)[C@H](O[C@@H]6O[C@H](CO)[C@H](O)[C@H](O)[C@H]6O[C@@H]6O[C@@H](C)[C@@H](O)[C@@H](O)[C@@H]6O)[C@H]5NC(C)=O)[C@H]4O)[C@H](O[C@@H]4O[C@@H](C)[C@@H](O)[C@@H](O)[C@@H]4O)[C@H]3NC(C)=O)O[C@@H](O[C@H]3[C@H](O)[C@@H](O)[C@H](O)O[C@@H]3CO)[C@@H]2O)O[C@H](CO)[C@@H](O[C@@H]2O[C@@H](C)[C@@H](O)[C@@H](O)[C@@H]2O)[C@@H]1O[C@@H]1O[C@H](CO)[C@H](O)[C@H](O[C@]2(C(=O)O)C[C@H](O)[C@@H](NC(C)=O)[C@H]([C@H](O)[C@H](O)CO)O2)[C@H]1O. The van der Waals surface area contributed by atoms with E-state index in [0.29, 0.717) is 0 Å². The van der Waals surface area contributed by atoms with Crippen molar-refractivity contribution in [2.24, 2.45) is 0 Å². The van der Waals surface area contributed by atoms with Crippen LogP contribution < -0.4 is 21.3 Å². The van der Waals surface area contributed by atoms with Crippen molar-refractivity contribution in [3.8, 4) is 0 Å². The molecule has 0 saturated carbocycles. The summed E-state index contributed by atoms with van der Waals surface area (Å²) < 4.78 is 139. The number of rotatable bonds is 38. The fourth-order valence-electron chi connectivity index (χ4n) is 19.4. The van der Waals surface area contributed by atoms with E-state index in [-0.39, 0.29) is 0 Å². The van der Waals surface area contributed by atoms with Crippen LogP contribution in [0.4, 0.5) is 0 Å². The Morgan fingerprint density at radius 1 is 0.291 bits per heavy atom. The third-order valence-corrected chi connectivity index (χ3v) is 27.5. The Bertz CT molecular complexity index is 4190. The lowest BCUT2D eigenvalue weighted by Gasteiger charge is -2.52. The van der Waals surface area contributed by atoms with E-state index in [0.717, 1.165) is 27.7 Å². The Balaban J connectivity index is 0.887. The second kappa shape index (κ2) is 52.1. The zero-order chi connectivity index (χ0) is 109. The number of aliphatic hydroxyl groups excluding tert-OH is 32. The van der Waals surface area contributed by atoms with E-state index in [1.165, 1.54) is 20.8 Å². The van der Waals surface area contributed by atoms with Gasteiger partial charge >= 0.3 is 5.97 Å². The molecule has 0 spiro atoms. The van der Waals surface area contributed by atoms with Crippen LogP contribution in [0.5, 0.6) is 0 Å². The van der Waals surface area contributed by atoms with Gasteiger partial charge in [0.15, 0.2) is 69.2 Å². The minimum absolute atomic E-state index is 0.814. The first kappa shape index (κ1) is 122. The van der Waals surface area contributed by atoms with E-state index in [4.69, 9.17) is 109 Å². The summed E-state index contributed by atoms with van der Waals surface area (Å²) in [6.07, 6.45) is -125. The van der Waals surface area contributed by atoms with Crippen molar-refractivity contribution in [2.75, 3.05) is 59.5 Å². The molecule has 4 amide bonds. The van der Waals surface area contributed by atoms with E-state index in [1.807, 2.05) is 0 Å². The average molecular weight is 2170 g/mol. The summed E-state index contributed by atoms with van der Waals surface area (Å²) in [5, 5.41) is 383. The smallest absolute Gasteiger partial charge is 0.364 e. The van der Waals surface area contributed by atoms with E-state index >= 15 is 0 Å². The van der Waals surface area contributed by atoms with Gasteiger partial charge in [-0.1, -0.05) is 0 Å². The summed E-state index contributed by atoms with van der Waals surface area (Å²) in [5.41, 5.74) is 0. The minimum Gasteiger partial charge on any atom is -0.477 e. The first-order chi connectivity index (χ1) is 69.8. The molecule has 12 rings (SSSR count). The molecule has 12 heterocycles. The van der Waals surface area contributed by atoms with E-state index in [1.54, 1.807) is 0 Å². The van der Waals surface area contributed by atoms with Gasteiger partial charge in [0.2, 0.25) is 23.6 Å². The topological polar surface area (TPSA) is 1010 Å². The zero-order valence-electron chi connectivity index (χ0n) is 79.9. The van der Waals surface area contributed by atoms with Crippen LogP contribution >= 0.6 is 0 Å². The van der Waals surface area contributed by atoms with Gasteiger partial charge in [0, 0.05) is 34.1 Å². The predicted molar refractivity (Wildman–Crippen MR) is 454 cm³/mol. The maximum atomic E-state index is 14.0.